The lowest BCUT2D eigenvalue weighted by Crippen LogP contribution is -3.08. The van der Waals surface area contributed by atoms with Crippen molar-refractivity contribution in [3.8, 4) is 0 Å². The van der Waals surface area contributed by atoms with Crippen LogP contribution in [0.5, 0.6) is 0 Å². The van der Waals surface area contributed by atoms with E-state index in [-0.39, 0.29) is 0 Å². The summed E-state index contributed by atoms with van der Waals surface area (Å²) < 4.78 is 27.2. The van der Waals surface area contributed by atoms with E-state index in [0.29, 0.717) is 11.7 Å². The second-order valence-corrected chi connectivity index (χ2v) is 6.69. The predicted molar refractivity (Wildman–Crippen MR) is 68.5 cm³/mol. The number of piperidine rings is 1. The minimum atomic E-state index is -3.92. The Bertz CT molecular complexity index is 482. The fourth-order valence-corrected chi connectivity index (χ4v) is 3.10. The smallest absolute Gasteiger partial charge is 0.0916 e. The number of hydrogen-bond donors (Lipinski definition) is 1. The molecule has 2 aliphatic heterocycles. The molecule has 2 fully saturated rings. The molecule has 1 aromatic carbocycles. The van der Waals surface area contributed by atoms with Gasteiger partial charge in [0.05, 0.1) is 35.2 Å². The molecule has 18 heavy (non-hydrogen) atoms. The Kier molecular flexibility index (Phi) is 3.75. The standard InChI is InChI=1S/C12H15N.CH4O3S/c1-2-4-11(5-3-1)12-6-8-13(10-12)9-7-12;1-5(2,3)4/h1-5H,6-10H2;1H3,(H,2,3,4). The molecule has 0 amide bonds. The summed E-state index contributed by atoms with van der Waals surface area (Å²) in [4.78, 5) is 1.82. The number of quaternary nitrogens is 1. The molecule has 0 radical (unpaired) electrons. The molecular formula is C13H19NO3S. The number of fused-ring (bicyclic) bond motifs is 2. The molecule has 2 saturated heterocycles. The van der Waals surface area contributed by atoms with Crippen molar-refractivity contribution in [2.75, 3.05) is 25.9 Å². The van der Waals surface area contributed by atoms with Gasteiger partial charge in [-0.1, -0.05) is 30.3 Å². The van der Waals surface area contributed by atoms with Crippen LogP contribution in [0.4, 0.5) is 0 Å². The maximum atomic E-state index is 9.08. The van der Waals surface area contributed by atoms with Crippen LogP contribution in [0.2, 0.25) is 0 Å². The third kappa shape index (κ3) is 3.31. The van der Waals surface area contributed by atoms with E-state index < -0.39 is 10.1 Å². The van der Waals surface area contributed by atoms with Gasteiger partial charge in [0.2, 0.25) is 0 Å². The Morgan fingerprint density at radius 1 is 1.17 bits per heavy atom. The Labute approximate surface area is 108 Å². The zero-order valence-corrected chi connectivity index (χ0v) is 11.4. The summed E-state index contributed by atoms with van der Waals surface area (Å²) in [5.41, 5.74) is 2.15. The lowest BCUT2D eigenvalue weighted by molar-refractivity contribution is -0.878. The molecule has 4 nitrogen and oxygen atoms in total. The van der Waals surface area contributed by atoms with Gasteiger partial charge in [0.15, 0.2) is 0 Å². The Balaban J connectivity index is 0.000000209. The third-order valence-electron chi connectivity index (χ3n) is 3.89. The van der Waals surface area contributed by atoms with Gasteiger partial charge >= 0.3 is 0 Å². The average Bonchev–Trinajstić information content (AvgIpc) is 2.89. The predicted octanol–water partition coefficient (Wildman–Crippen LogP) is -0.222. The highest BCUT2D eigenvalue weighted by atomic mass is 32.2. The van der Waals surface area contributed by atoms with Crippen molar-refractivity contribution in [1.29, 1.82) is 0 Å². The van der Waals surface area contributed by atoms with E-state index in [0.717, 1.165) is 0 Å². The fourth-order valence-electron chi connectivity index (χ4n) is 3.10. The monoisotopic (exact) mass is 269 g/mol. The molecule has 0 spiro atoms. The van der Waals surface area contributed by atoms with Gasteiger partial charge in [0.1, 0.15) is 0 Å². The first-order chi connectivity index (χ1) is 8.39. The van der Waals surface area contributed by atoms with E-state index >= 15 is 0 Å². The van der Waals surface area contributed by atoms with Gasteiger partial charge < -0.3 is 9.45 Å². The molecule has 0 atom stereocenters. The highest BCUT2D eigenvalue weighted by molar-refractivity contribution is 7.84. The molecule has 1 N–H and O–H groups in total. The summed E-state index contributed by atoms with van der Waals surface area (Å²) in [6.45, 7) is 4.18. The number of nitrogens with one attached hydrogen (secondary N) is 1. The maximum absolute atomic E-state index is 9.08. The van der Waals surface area contributed by atoms with Crippen molar-refractivity contribution >= 4 is 10.1 Å². The summed E-state index contributed by atoms with van der Waals surface area (Å²) in [6.07, 6.45) is 3.42. The zero-order valence-electron chi connectivity index (χ0n) is 10.6. The van der Waals surface area contributed by atoms with E-state index in [1.54, 1.807) is 5.56 Å². The van der Waals surface area contributed by atoms with Crippen LogP contribution in [-0.4, -0.2) is 38.9 Å². The Morgan fingerprint density at radius 3 is 2.06 bits per heavy atom. The first-order valence-electron chi connectivity index (χ1n) is 6.19. The fraction of sp³-hybridized carbons (Fsp3) is 0.538. The SMILES string of the molecule is CS(=O)(=O)[O-].c1ccc(C23CC[NH+](CC2)C3)cc1. The number of hydrogen-bond acceptors (Lipinski definition) is 3. The minimum Gasteiger partial charge on any atom is -0.748 e. The Morgan fingerprint density at radius 2 is 1.67 bits per heavy atom. The summed E-state index contributed by atoms with van der Waals surface area (Å²) >= 11 is 0. The Hall–Kier alpha value is -0.910. The maximum Gasteiger partial charge on any atom is 0.0916 e. The van der Waals surface area contributed by atoms with Gasteiger partial charge in [-0.25, -0.2) is 8.42 Å². The van der Waals surface area contributed by atoms with Crippen molar-refractivity contribution in [3.05, 3.63) is 35.9 Å². The van der Waals surface area contributed by atoms with E-state index in [2.05, 4.69) is 30.3 Å². The molecule has 1 aromatic rings. The molecule has 0 aromatic heterocycles. The van der Waals surface area contributed by atoms with E-state index in [1.165, 1.54) is 32.5 Å². The molecule has 2 bridgehead atoms. The summed E-state index contributed by atoms with van der Waals surface area (Å²) in [7, 11) is -3.92. The first kappa shape index (κ1) is 13.5. The average molecular weight is 269 g/mol. The van der Waals surface area contributed by atoms with Crippen LogP contribution in [0.1, 0.15) is 18.4 Å². The number of rotatable bonds is 1. The second-order valence-electron chi connectivity index (χ2n) is 5.28. The van der Waals surface area contributed by atoms with Gasteiger partial charge in [-0.2, -0.15) is 0 Å². The highest BCUT2D eigenvalue weighted by Gasteiger charge is 2.48. The van der Waals surface area contributed by atoms with Crippen molar-refractivity contribution in [2.45, 2.75) is 18.3 Å². The summed E-state index contributed by atoms with van der Waals surface area (Å²) in [6, 6.07) is 11.1. The molecule has 2 heterocycles. The second kappa shape index (κ2) is 4.99. The van der Waals surface area contributed by atoms with Gasteiger partial charge in [0, 0.05) is 19.1 Å². The van der Waals surface area contributed by atoms with E-state index in [9.17, 15) is 0 Å². The number of benzene rings is 1. The van der Waals surface area contributed by atoms with Crippen molar-refractivity contribution < 1.29 is 17.9 Å². The largest absolute Gasteiger partial charge is 0.748 e. The quantitative estimate of drug-likeness (QED) is 0.717. The van der Waals surface area contributed by atoms with Gasteiger partial charge in [0.25, 0.3) is 0 Å². The lowest BCUT2D eigenvalue weighted by Gasteiger charge is -2.21. The van der Waals surface area contributed by atoms with Crippen LogP contribution >= 0.6 is 0 Å². The first-order valence-corrected chi connectivity index (χ1v) is 8.01. The van der Waals surface area contributed by atoms with E-state index in [1.807, 2.05) is 4.90 Å². The molecular weight excluding hydrogens is 250 g/mol. The molecule has 100 valence electrons. The lowest BCUT2D eigenvalue weighted by atomic mass is 9.78. The molecule has 0 saturated carbocycles. The van der Waals surface area contributed by atoms with Crippen molar-refractivity contribution in [1.82, 2.24) is 0 Å². The molecule has 5 heteroatoms. The summed E-state index contributed by atoms with van der Waals surface area (Å²) in [5, 5.41) is 0. The van der Waals surface area contributed by atoms with Crippen molar-refractivity contribution in [2.24, 2.45) is 0 Å². The van der Waals surface area contributed by atoms with Gasteiger partial charge in [-0.3, -0.25) is 0 Å². The van der Waals surface area contributed by atoms with Gasteiger partial charge in [-0.15, -0.1) is 0 Å². The van der Waals surface area contributed by atoms with Crippen LogP contribution < -0.4 is 4.90 Å². The topological polar surface area (TPSA) is 61.6 Å². The van der Waals surface area contributed by atoms with E-state index in [4.69, 9.17) is 13.0 Å². The van der Waals surface area contributed by atoms with Crippen LogP contribution in [0.15, 0.2) is 30.3 Å². The minimum absolute atomic E-state index is 0.566. The van der Waals surface area contributed by atoms with Crippen LogP contribution in [0, 0.1) is 0 Å². The van der Waals surface area contributed by atoms with Crippen molar-refractivity contribution in [3.63, 3.8) is 0 Å². The zero-order chi connectivity index (χ0) is 13.2. The normalized spacial score (nSPS) is 29.8. The summed E-state index contributed by atoms with van der Waals surface area (Å²) in [5.74, 6) is 0. The van der Waals surface area contributed by atoms with Crippen LogP contribution in [-0.2, 0) is 15.5 Å². The third-order valence-corrected chi connectivity index (χ3v) is 3.89. The highest BCUT2D eigenvalue weighted by Crippen LogP contribution is 2.34. The molecule has 3 rings (SSSR count). The molecule has 0 aliphatic carbocycles. The molecule has 0 unspecified atom stereocenters. The van der Waals surface area contributed by atoms with Crippen LogP contribution in [0.3, 0.4) is 0 Å². The van der Waals surface area contributed by atoms with Crippen LogP contribution in [0.25, 0.3) is 0 Å². The van der Waals surface area contributed by atoms with Gasteiger partial charge in [-0.05, 0) is 5.56 Å². The molecule has 2 aliphatic rings.